The molecular formula is C18H18FN5O4. The highest BCUT2D eigenvalue weighted by molar-refractivity contribution is 5.83. The van der Waals surface area contributed by atoms with Gasteiger partial charge in [-0.2, -0.15) is 4.98 Å². The van der Waals surface area contributed by atoms with Crippen LogP contribution in [0.5, 0.6) is 0 Å². The molecule has 4 aromatic rings. The van der Waals surface area contributed by atoms with Crippen molar-refractivity contribution in [2.45, 2.75) is 32.4 Å². The van der Waals surface area contributed by atoms with Gasteiger partial charge in [0.15, 0.2) is 0 Å². The van der Waals surface area contributed by atoms with Crippen LogP contribution in [0.15, 0.2) is 33.8 Å². The van der Waals surface area contributed by atoms with Crippen molar-refractivity contribution in [1.29, 1.82) is 0 Å². The third-order valence-electron chi connectivity index (χ3n) is 4.51. The third kappa shape index (κ3) is 2.69. The first kappa shape index (κ1) is 18.3. The van der Waals surface area contributed by atoms with E-state index >= 15 is 0 Å². The van der Waals surface area contributed by atoms with Gasteiger partial charge < -0.3 is 14.7 Å². The highest BCUT2D eigenvalue weighted by atomic mass is 19.1. The van der Waals surface area contributed by atoms with Gasteiger partial charge in [-0.05, 0) is 39.0 Å². The molecule has 0 amide bonds. The molecule has 1 aromatic carbocycles. The van der Waals surface area contributed by atoms with Gasteiger partial charge in [-0.15, -0.1) is 0 Å². The highest BCUT2D eigenvalue weighted by Crippen LogP contribution is 2.26. The zero-order valence-corrected chi connectivity index (χ0v) is 15.4. The second-order valence-electron chi connectivity index (χ2n) is 7.13. The maximum Gasteiger partial charge on any atom is 0.278 e. The van der Waals surface area contributed by atoms with E-state index in [1.54, 1.807) is 6.92 Å². The summed E-state index contributed by atoms with van der Waals surface area (Å²) in [6.45, 7) is 4.33. The summed E-state index contributed by atoms with van der Waals surface area (Å²) in [7, 11) is 0. The minimum atomic E-state index is -1.35. The first-order valence-electron chi connectivity index (χ1n) is 8.61. The predicted octanol–water partition coefficient (Wildman–Crippen LogP) is 1.62. The van der Waals surface area contributed by atoms with Crippen LogP contribution in [-0.4, -0.2) is 40.9 Å². The van der Waals surface area contributed by atoms with Crippen molar-refractivity contribution in [3.63, 3.8) is 0 Å². The van der Waals surface area contributed by atoms with Gasteiger partial charge in [0.2, 0.25) is 5.82 Å². The monoisotopic (exact) mass is 387 g/mol. The van der Waals surface area contributed by atoms with E-state index in [1.807, 2.05) is 0 Å². The largest absolute Gasteiger partial charge is 0.394 e. The normalized spacial score (nSPS) is 13.5. The zero-order valence-electron chi connectivity index (χ0n) is 15.4. The fourth-order valence-corrected chi connectivity index (χ4v) is 3.10. The van der Waals surface area contributed by atoms with Gasteiger partial charge in [-0.3, -0.25) is 13.8 Å². The molecule has 1 atom stereocenters. The molecule has 10 heteroatoms. The molecule has 0 bridgehead atoms. The number of aliphatic hydroxyl groups excluding tert-OH is 1. The van der Waals surface area contributed by atoms with Gasteiger partial charge in [0.25, 0.3) is 11.4 Å². The maximum absolute atomic E-state index is 13.8. The molecule has 9 nitrogen and oxygen atoms in total. The number of benzene rings is 1. The van der Waals surface area contributed by atoms with E-state index < -0.39 is 23.0 Å². The molecule has 0 aliphatic heterocycles. The molecule has 0 aliphatic rings. The van der Waals surface area contributed by atoms with Crippen LogP contribution in [-0.2, 0) is 5.60 Å². The molecule has 4 rings (SSSR count). The van der Waals surface area contributed by atoms with E-state index in [-0.39, 0.29) is 29.5 Å². The Bertz CT molecular complexity index is 1250. The number of hydrogen-bond donors (Lipinski definition) is 2. The minimum Gasteiger partial charge on any atom is -0.394 e. The number of nitrogens with zero attached hydrogens (tertiary/aromatic N) is 5. The lowest BCUT2D eigenvalue weighted by Crippen LogP contribution is -2.27. The first-order chi connectivity index (χ1) is 13.2. The van der Waals surface area contributed by atoms with Gasteiger partial charge in [-0.25, -0.2) is 9.37 Å². The van der Waals surface area contributed by atoms with Crippen LogP contribution in [0.3, 0.4) is 0 Å². The van der Waals surface area contributed by atoms with Crippen LogP contribution < -0.4 is 5.56 Å². The molecule has 0 aliphatic carbocycles. The number of rotatable bonds is 4. The molecule has 28 heavy (non-hydrogen) atoms. The lowest BCUT2D eigenvalue weighted by Gasteiger charge is -2.17. The second-order valence-corrected chi connectivity index (χ2v) is 7.13. The van der Waals surface area contributed by atoms with Gasteiger partial charge in [0.05, 0.1) is 23.7 Å². The van der Waals surface area contributed by atoms with E-state index in [9.17, 15) is 19.4 Å². The van der Waals surface area contributed by atoms with E-state index in [0.29, 0.717) is 11.0 Å². The van der Waals surface area contributed by atoms with Crippen LogP contribution in [0, 0.1) is 5.82 Å². The van der Waals surface area contributed by atoms with Crippen molar-refractivity contribution < 1.29 is 19.1 Å². The molecule has 1 unspecified atom stereocenters. The lowest BCUT2D eigenvalue weighted by atomic mass is 10.1. The summed E-state index contributed by atoms with van der Waals surface area (Å²) in [4.78, 5) is 21.6. The summed E-state index contributed by atoms with van der Waals surface area (Å²) in [6.07, 6.45) is 1.42. The van der Waals surface area contributed by atoms with Gasteiger partial charge in [-0.1, -0.05) is 5.16 Å². The quantitative estimate of drug-likeness (QED) is 0.546. The van der Waals surface area contributed by atoms with Crippen LogP contribution in [0.1, 0.15) is 32.7 Å². The van der Waals surface area contributed by atoms with Crippen LogP contribution in [0.4, 0.5) is 4.39 Å². The maximum atomic E-state index is 13.8. The summed E-state index contributed by atoms with van der Waals surface area (Å²) in [5.41, 5.74) is -0.662. The Labute approximate surface area is 157 Å². The average Bonchev–Trinajstić information content (AvgIpc) is 3.28. The second kappa shape index (κ2) is 6.21. The molecule has 0 radical (unpaired) electrons. The first-order valence-corrected chi connectivity index (χ1v) is 8.61. The molecule has 0 fully saturated rings. The summed E-state index contributed by atoms with van der Waals surface area (Å²) in [6, 6.07) is 3.45. The SMILES string of the molecule is CC(CO)n1c(=O)c2c(-c3noc(C(C)(C)O)n3)ncn2c2ccc(F)cc21. The van der Waals surface area contributed by atoms with Crippen molar-refractivity contribution in [2.75, 3.05) is 6.61 Å². The molecule has 3 heterocycles. The number of imidazole rings is 1. The summed E-state index contributed by atoms with van der Waals surface area (Å²) in [5.74, 6) is -0.476. The number of hydrogen-bond acceptors (Lipinski definition) is 7. The number of fused-ring (bicyclic) bond motifs is 3. The van der Waals surface area contributed by atoms with Crippen LogP contribution >= 0.6 is 0 Å². The van der Waals surface area contributed by atoms with E-state index in [4.69, 9.17) is 4.52 Å². The summed E-state index contributed by atoms with van der Waals surface area (Å²) < 4.78 is 21.8. The van der Waals surface area contributed by atoms with E-state index in [1.165, 1.54) is 47.3 Å². The van der Waals surface area contributed by atoms with Crippen molar-refractivity contribution in [3.05, 3.63) is 46.6 Å². The average molecular weight is 387 g/mol. The summed E-state index contributed by atoms with van der Waals surface area (Å²) >= 11 is 0. The Hall–Kier alpha value is -3.11. The summed E-state index contributed by atoms with van der Waals surface area (Å²) in [5, 5.41) is 23.5. The molecule has 0 saturated carbocycles. The topological polar surface area (TPSA) is 119 Å². The molecule has 2 N–H and O–H groups in total. The van der Waals surface area contributed by atoms with Gasteiger partial charge in [0, 0.05) is 0 Å². The Kier molecular flexibility index (Phi) is 4.05. The van der Waals surface area contributed by atoms with E-state index in [0.717, 1.165) is 0 Å². The number of aromatic nitrogens is 5. The van der Waals surface area contributed by atoms with Crippen molar-refractivity contribution in [2.24, 2.45) is 0 Å². The van der Waals surface area contributed by atoms with Crippen LogP contribution in [0.2, 0.25) is 0 Å². The number of aliphatic hydroxyl groups is 2. The standard InChI is InChI=1S/C18H18FN5O4/c1-9(7-25)24-12-6-10(19)4-5-11(12)23-8-20-13(14(23)16(24)26)15-21-17(28-22-15)18(2,3)27/h4-6,8-9,25,27H,7H2,1-3H3. The number of halogens is 1. The van der Waals surface area contributed by atoms with Gasteiger partial charge in [0.1, 0.15) is 29.0 Å². The molecule has 0 saturated heterocycles. The smallest absolute Gasteiger partial charge is 0.278 e. The third-order valence-corrected chi connectivity index (χ3v) is 4.51. The van der Waals surface area contributed by atoms with Crippen LogP contribution in [0.25, 0.3) is 28.1 Å². The highest BCUT2D eigenvalue weighted by Gasteiger charge is 2.27. The van der Waals surface area contributed by atoms with E-state index in [2.05, 4.69) is 15.1 Å². The predicted molar refractivity (Wildman–Crippen MR) is 97.2 cm³/mol. The van der Waals surface area contributed by atoms with Crippen molar-refractivity contribution >= 4 is 16.6 Å². The molecule has 0 spiro atoms. The van der Waals surface area contributed by atoms with Gasteiger partial charge >= 0.3 is 0 Å². The molecular weight excluding hydrogens is 369 g/mol. The van der Waals surface area contributed by atoms with Crippen molar-refractivity contribution in [1.82, 2.24) is 24.1 Å². The Morgan fingerprint density at radius 3 is 2.71 bits per heavy atom. The van der Waals surface area contributed by atoms with Crippen molar-refractivity contribution in [3.8, 4) is 11.5 Å². The molecule has 3 aromatic heterocycles. The Morgan fingerprint density at radius 1 is 1.32 bits per heavy atom. The molecule has 146 valence electrons. The minimum absolute atomic E-state index is 0.0180. The fraction of sp³-hybridized carbons (Fsp3) is 0.333. The lowest BCUT2D eigenvalue weighted by molar-refractivity contribution is 0.0420. The fourth-order valence-electron chi connectivity index (χ4n) is 3.10. The zero-order chi connectivity index (χ0) is 20.2. The Morgan fingerprint density at radius 2 is 2.07 bits per heavy atom. The Balaban J connectivity index is 2.08.